The van der Waals surface area contributed by atoms with Gasteiger partial charge in [0.25, 0.3) is 0 Å². The molecule has 3 atom stereocenters. The van der Waals surface area contributed by atoms with E-state index in [4.69, 9.17) is 0 Å². The van der Waals surface area contributed by atoms with Gasteiger partial charge in [0.2, 0.25) is 5.91 Å². The second-order valence-electron chi connectivity index (χ2n) is 5.98. The van der Waals surface area contributed by atoms with Gasteiger partial charge in [0.05, 0.1) is 6.10 Å². The predicted molar refractivity (Wildman–Crippen MR) is 71.2 cm³/mol. The van der Waals surface area contributed by atoms with E-state index in [-0.39, 0.29) is 18.1 Å². The van der Waals surface area contributed by atoms with Crippen molar-refractivity contribution in [2.24, 2.45) is 5.92 Å². The molecule has 0 spiro atoms. The molecule has 2 N–H and O–H groups in total. The highest BCUT2D eigenvalue weighted by Crippen LogP contribution is 2.32. The first-order valence-electron chi connectivity index (χ1n) is 7.27. The number of nitrogens with zero attached hydrogens (tertiary/aromatic N) is 1. The maximum absolute atomic E-state index is 11.2. The van der Waals surface area contributed by atoms with Crippen LogP contribution in [0.4, 0.5) is 0 Å². The van der Waals surface area contributed by atoms with Crippen LogP contribution in [0.25, 0.3) is 0 Å². The van der Waals surface area contributed by atoms with E-state index in [1.54, 1.807) is 6.92 Å². The number of nitrogens with one attached hydrogen (secondary N) is 1. The second kappa shape index (κ2) is 6.02. The zero-order chi connectivity index (χ0) is 13.1. The van der Waals surface area contributed by atoms with Crippen molar-refractivity contribution in [3.8, 4) is 0 Å². The number of carbonyl (C=O) groups excluding carboxylic acids is 1. The van der Waals surface area contributed by atoms with Crippen LogP contribution >= 0.6 is 0 Å². The van der Waals surface area contributed by atoms with E-state index in [9.17, 15) is 9.90 Å². The number of amides is 1. The highest BCUT2D eigenvalue weighted by atomic mass is 16.3. The van der Waals surface area contributed by atoms with E-state index in [2.05, 4.69) is 10.2 Å². The monoisotopic (exact) mass is 254 g/mol. The summed E-state index contributed by atoms with van der Waals surface area (Å²) in [7, 11) is 0. The Balaban J connectivity index is 1.90. The molecular formula is C14H26N2O2. The maximum atomic E-state index is 11.2. The van der Waals surface area contributed by atoms with Crippen molar-refractivity contribution in [3.05, 3.63) is 0 Å². The maximum Gasteiger partial charge on any atom is 0.217 e. The smallest absolute Gasteiger partial charge is 0.217 e. The van der Waals surface area contributed by atoms with Crippen molar-refractivity contribution in [3.63, 3.8) is 0 Å². The summed E-state index contributed by atoms with van der Waals surface area (Å²) in [4.78, 5) is 13.7. The molecule has 2 aliphatic rings. The van der Waals surface area contributed by atoms with Crippen LogP contribution in [0.5, 0.6) is 0 Å². The largest absolute Gasteiger partial charge is 0.393 e. The Kier molecular flexibility index (Phi) is 4.62. The first-order valence-corrected chi connectivity index (χ1v) is 7.27. The minimum atomic E-state index is -0.188. The number of carbonyl (C=O) groups is 1. The Hall–Kier alpha value is -0.610. The lowest BCUT2D eigenvalue weighted by molar-refractivity contribution is -0.120. The number of piperidine rings is 1. The average Bonchev–Trinajstić information content (AvgIpc) is 3.11. The molecule has 0 aromatic carbocycles. The van der Waals surface area contributed by atoms with Crippen molar-refractivity contribution < 1.29 is 9.90 Å². The molecule has 2 fully saturated rings. The van der Waals surface area contributed by atoms with E-state index in [0.29, 0.717) is 5.92 Å². The zero-order valence-electron chi connectivity index (χ0n) is 11.6. The molecule has 0 radical (unpaired) electrons. The van der Waals surface area contributed by atoms with Gasteiger partial charge < -0.3 is 10.4 Å². The Labute approximate surface area is 110 Å². The third-order valence-electron chi connectivity index (χ3n) is 4.11. The lowest BCUT2D eigenvalue weighted by Gasteiger charge is -2.38. The Morgan fingerprint density at radius 2 is 2.17 bits per heavy atom. The fourth-order valence-electron chi connectivity index (χ4n) is 3.09. The van der Waals surface area contributed by atoms with Crippen molar-refractivity contribution in [2.75, 3.05) is 13.1 Å². The summed E-state index contributed by atoms with van der Waals surface area (Å²) in [6, 6.07) is 1.01. The van der Waals surface area contributed by atoms with Crippen LogP contribution in [0.1, 0.15) is 46.0 Å². The highest BCUT2D eigenvalue weighted by Gasteiger charge is 2.36. The number of hydrogen-bond donors (Lipinski definition) is 2. The lowest BCUT2D eigenvalue weighted by Crippen LogP contribution is -2.51. The van der Waals surface area contributed by atoms with E-state index in [1.807, 2.05) is 6.92 Å². The number of likely N-dealkylation sites (tertiary alicyclic amines) is 1. The number of rotatable bonds is 5. The Bertz CT molecular complexity index is 292. The van der Waals surface area contributed by atoms with Gasteiger partial charge in [0.1, 0.15) is 0 Å². The molecule has 0 aromatic rings. The lowest BCUT2D eigenvalue weighted by atomic mass is 9.88. The topological polar surface area (TPSA) is 52.6 Å². The van der Waals surface area contributed by atoms with Crippen LogP contribution in [-0.4, -0.2) is 47.2 Å². The quantitative estimate of drug-likeness (QED) is 0.773. The van der Waals surface area contributed by atoms with Crippen LogP contribution in [0.15, 0.2) is 0 Å². The normalized spacial score (nSPS) is 31.1. The van der Waals surface area contributed by atoms with Crippen molar-refractivity contribution in [2.45, 2.75) is 64.1 Å². The standard InChI is InChI=1S/C14H26N2O2/c1-3-14(18)7-11-6-12(15-10(2)17)9-16(8-11)13-4-5-13/h11-14,18H,3-9H2,1-2H3,(H,15,17). The summed E-state index contributed by atoms with van der Waals surface area (Å²) in [6.07, 6.45) is 5.12. The van der Waals surface area contributed by atoms with Crippen molar-refractivity contribution in [1.29, 1.82) is 0 Å². The molecule has 0 aromatic heterocycles. The first kappa shape index (κ1) is 13.8. The average molecular weight is 254 g/mol. The highest BCUT2D eigenvalue weighted by molar-refractivity contribution is 5.73. The second-order valence-corrected chi connectivity index (χ2v) is 5.98. The molecule has 104 valence electrons. The fraction of sp³-hybridized carbons (Fsp3) is 0.929. The van der Waals surface area contributed by atoms with Gasteiger partial charge in [0.15, 0.2) is 0 Å². The molecule has 4 heteroatoms. The molecule has 1 amide bonds. The van der Waals surface area contributed by atoms with Crippen molar-refractivity contribution >= 4 is 5.91 Å². The first-order chi connectivity index (χ1) is 8.58. The number of aliphatic hydroxyl groups is 1. The van der Waals surface area contributed by atoms with Crippen LogP contribution in [0.2, 0.25) is 0 Å². The molecule has 1 heterocycles. The van der Waals surface area contributed by atoms with Gasteiger partial charge in [-0.05, 0) is 38.0 Å². The van der Waals surface area contributed by atoms with Crippen LogP contribution in [0.3, 0.4) is 0 Å². The van der Waals surface area contributed by atoms with Crippen LogP contribution in [0, 0.1) is 5.92 Å². The zero-order valence-corrected chi connectivity index (χ0v) is 11.6. The van der Waals surface area contributed by atoms with Crippen LogP contribution in [-0.2, 0) is 4.79 Å². The molecule has 1 aliphatic heterocycles. The molecule has 3 unspecified atom stereocenters. The number of aliphatic hydroxyl groups excluding tert-OH is 1. The Morgan fingerprint density at radius 1 is 1.44 bits per heavy atom. The molecule has 1 aliphatic carbocycles. The number of hydrogen-bond acceptors (Lipinski definition) is 3. The molecule has 0 bridgehead atoms. The molecule has 18 heavy (non-hydrogen) atoms. The molecule has 4 nitrogen and oxygen atoms in total. The van der Waals surface area contributed by atoms with E-state index < -0.39 is 0 Å². The van der Waals surface area contributed by atoms with Gasteiger partial charge >= 0.3 is 0 Å². The predicted octanol–water partition coefficient (Wildman–Crippen LogP) is 1.14. The molecule has 2 rings (SSSR count). The SMILES string of the molecule is CCC(O)CC1CC(NC(C)=O)CN(C2CC2)C1. The Morgan fingerprint density at radius 3 is 2.72 bits per heavy atom. The third kappa shape index (κ3) is 3.95. The molecular weight excluding hydrogens is 228 g/mol. The van der Waals surface area contributed by atoms with Gasteiger partial charge in [-0.2, -0.15) is 0 Å². The minimum absolute atomic E-state index is 0.0624. The molecule has 1 saturated carbocycles. The van der Waals surface area contributed by atoms with E-state index in [1.165, 1.54) is 12.8 Å². The van der Waals surface area contributed by atoms with Gasteiger partial charge in [-0.3, -0.25) is 9.69 Å². The third-order valence-corrected chi connectivity index (χ3v) is 4.11. The van der Waals surface area contributed by atoms with Gasteiger partial charge in [0, 0.05) is 32.1 Å². The molecule has 1 saturated heterocycles. The van der Waals surface area contributed by atoms with E-state index >= 15 is 0 Å². The fourth-order valence-corrected chi connectivity index (χ4v) is 3.09. The summed E-state index contributed by atoms with van der Waals surface area (Å²) < 4.78 is 0. The minimum Gasteiger partial charge on any atom is -0.393 e. The van der Waals surface area contributed by atoms with Gasteiger partial charge in [-0.1, -0.05) is 6.92 Å². The van der Waals surface area contributed by atoms with Gasteiger partial charge in [-0.15, -0.1) is 0 Å². The van der Waals surface area contributed by atoms with Crippen LogP contribution < -0.4 is 5.32 Å². The summed E-state index contributed by atoms with van der Waals surface area (Å²) in [5.74, 6) is 0.582. The van der Waals surface area contributed by atoms with E-state index in [0.717, 1.165) is 38.4 Å². The summed E-state index contributed by atoms with van der Waals surface area (Å²) >= 11 is 0. The summed E-state index contributed by atoms with van der Waals surface area (Å²) in [5, 5.41) is 12.9. The van der Waals surface area contributed by atoms with Crippen molar-refractivity contribution in [1.82, 2.24) is 10.2 Å². The van der Waals surface area contributed by atoms with Gasteiger partial charge in [-0.25, -0.2) is 0 Å². The summed E-state index contributed by atoms with van der Waals surface area (Å²) in [5.41, 5.74) is 0. The summed E-state index contributed by atoms with van der Waals surface area (Å²) in [6.45, 7) is 5.70.